The van der Waals surface area contributed by atoms with Gasteiger partial charge in [0.15, 0.2) is 0 Å². The summed E-state index contributed by atoms with van der Waals surface area (Å²) in [5, 5.41) is 0.937. The van der Waals surface area contributed by atoms with Gasteiger partial charge in [-0.2, -0.15) is 13.2 Å². The first kappa shape index (κ1) is 20.5. The predicted molar refractivity (Wildman–Crippen MR) is 118 cm³/mol. The maximum atomic E-state index is 12.9. The van der Waals surface area contributed by atoms with Gasteiger partial charge in [-0.25, -0.2) is 0 Å². The van der Waals surface area contributed by atoms with Gasteiger partial charge in [-0.15, -0.1) is 0 Å². The maximum Gasteiger partial charge on any atom is 0.416 e. The third-order valence-electron chi connectivity index (χ3n) is 5.19. The molecule has 0 saturated heterocycles. The lowest BCUT2D eigenvalue weighted by molar-refractivity contribution is -0.137. The van der Waals surface area contributed by atoms with Gasteiger partial charge in [-0.05, 0) is 35.7 Å². The lowest BCUT2D eigenvalue weighted by Gasteiger charge is -2.23. The molecule has 30 heavy (non-hydrogen) atoms. The van der Waals surface area contributed by atoms with Crippen molar-refractivity contribution >= 4 is 21.7 Å². The van der Waals surface area contributed by atoms with Crippen molar-refractivity contribution in [3.05, 3.63) is 113 Å². The molecule has 0 radical (unpaired) electrons. The predicted octanol–water partition coefficient (Wildman–Crippen LogP) is 7.35. The molecule has 0 saturated carbocycles. The molecule has 0 N–H and O–H groups in total. The van der Waals surface area contributed by atoms with Crippen LogP contribution >= 0.6 is 11.8 Å². The highest BCUT2D eigenvalue weighted by molar-refractivity contribution is 8.22. The Hall–Kier alpha value is -2.79. The third-order valence-corrected chi connectivity index (χ3v) is 6.51. The summed E-state index contributed by atoms with van der Waals surface area (Å²) >= 11 is 1.53. The van der Waals surface area contributed by atoms with E-state index >= 15 is 0 Å². The van der Waals surface area contributed by atoms with Crippen molar-refractivity contribution in [1.29, 1.82) is 0 Å². The topological polar surface area (TPSA) is 12.4 Å². The molecule has 1 heterocycles. The van der Waals surface area contributed by atoms with E-state index in [9.17, 15) is 13.2 Å². The van der Waals surface area contributed by atoms with Crippen LogP contribution in [0.4, 0.5) is 13.2 Å². The minimum Gasteiger partial charge on any atom is -0.277 e. The van der Waals surface area contributed by atoms with Crippen LogP contribution in [-0.2, 0) is 18.1 Å². The second kappa shape index (κ2) is 8.15. The Labute approximate surface area is 178 Å². The quantitative estimate of drug-likeness (QED) is 0.427. The highest BCUT2D eigenvalue weighted by Crippen LogP contribution is 2.47. The van der Waals surface area contributed by atoms with E-state index in [-0.39, 0.29) is 0 Å². The van der Waals surface area contributed by atoms with Gasteiger partial charge in [0.1, 0.15) is 0 Å². The van der Waals surface area contributed by atoms with Crippen molar-refractivity contribution in [3.8, 4) is 0 Å². The van der Waals surface area contributed by atoms with Crippen molar-refractivity contribution in [2.45, 2.75) is 25.1 Å². The Morgan fingerprint density at radius 2 is 1.43 bits per heavy atom. The molecular formula is C25H20F3NS. The molecular weight excluding hydrogens is 403 g/mol. The van der Waals surface area contributed by atoms with Gasteiger partial charge >= 0.3 is 6.18 Å². The number of allylic oxidation sites excluding steroid dienone is 1. The molecule has 0 fully saturated rings. The van der Waals surface area contributed by atoms with Crippen molar-refractivity contribution in [3.63, 3.8) is 0 Å². The first-order chi connectivity index (χ1) is 14.4. The smallest absolute Gasteiger partial charge is 0.277 e. The normalized spacial score (nSPS) is 20.4. The molecule has 1 unspecified atom stereocenters. The number of aliphatic imine (C=N–C) groups is 1. The third kappa shape index (κ3) is 4.21. The lowest BCUT2D eigenvalue weighted by atomic mass is 9.82. The van der Waals surface area contributed by atoms with Crippen LogP contribution in [0.15, 0.2) is 96.0 Å². The van der Waals surface area contributed by atoms with Gasteiger partial charge in [0.2, 0.25) is 0 Å². The van der Waals surface area contributed by atoms with E-state index in [0.29, 0.717) is 6.54 Å². The van der Waals surface area contributed by atoms with Crippen molar-refractivity contribution in [1.82, 2.24) is 0 Å². The molecule has 3 aromatic rings. The van der Waals surface area contributed by atoms with Crippen molar-refractivity contribution < 1.29 is 13.2 Å². The number of benzene rings is 3. The standard InChI is InChI=1S/C25H20F3NS/c1-24(20-10-6-3-7-11-20)16-22(19-12-14-21(15-13-19)25(26,27)28)30-23(24)29-17-18-8-4-2-5-9-18/h2-16H,17H2,1H3. The van der Waals surface area contributed by atoms with Crippen molar-refractivity contribution in [2.75, 3.05) is 0 Å². The van der Waals surface area contributed by atoms with Crippen LogP contribution in [0.5, 0.6) is 0 Å². The van der Waals surface area contributed by atoms with Crippen LogP contribution in [0.1, 0.15) is 29.2 Å². The van der Waals surface area contributed by atoms with E-state index in [4.69, 9.17) is 4.99 Å². The van der Waals surface area contributed by atoms with E-state index in [2.05, 4.69) is 25.1 Å². The SMILES string of the molecule is CC1(c2ccccc2)C=C(c2ccc(C(F)(F)F)cc2)SC1=NCc1ccccc1. The Balaban J connectivity index is 1.70. The molecule has 5 heteroatoms. The number of alkyl halides is 3. The van der Waals surface area contributed by atoms with Crippen LogP contribution < -0.4 is 0 Å². The molecule has 0 bridgehead atoms. The summed E-state index contributed by atoms with van der Waals surface area (Å²) in [7, 11) is 0. The number of thioether (sulfide) groups is 1. The fourth-order valence-electron chi connectivity index (χ4n) is 3.46. The highest BCUT2D eigenvalue weighted by atomic mass is 32.2. The first-order valence-electron chi connectivity index (χ1n) is 9.59. The van der Waals surface area contributed by atoms with E-state index in [1.807, 2.05) is 48.5 Å². The van der Waals surface area contributed by atoms with Gasteiger partial charge in [-0.3, -0.25) is 4.99 Å². The zero-order valence-electron chi connectivity index (χ0n) is 16.4. The highest BCUT2D eigenvalue weighted by Gasteiger charge is 2.38. The fraction of sp³-hybridized carbons (Fsp3) is 0.160. The van der Waals surface area contributed by atoms with Gasteiger partial charge in [-0.1, -0.05) is 90.6 Å². The molecule has 3 aromatic carbocycles. The first-order valence-corrected chi connectivity index (χ1v) is 10.4. The van der Waals surface area contributed by atoms with Gasteiger partial charge in [0.25, 0.3) is 0 Å². The molecule has 152 valence electrons. The summed E-state index contributed by atoms with van der Waals surface area (Å²) in [5.74, 6) is 0. The van der Waals surface area contributed by atoms with E-state index < -0.39 is 17.2 Å². The second-order valence-corrected chi connectivity index (χ2v) is 8.39. The fourth-order valence-corrected chi connectivity index (χ4v) is 4.74. The zero-order valence-corrected chi connectivity index (χ0v) is 17.2. The van der Waals surface area contributed by atoms with Gasteiger partial charge in [0.05, 0.1) is 22.6 Å². The minimum atomic E-state index is -4.34. The minimum absolute atomic E-state index is 0.432. The Morgan fingerprint density at radius 3 is 2.03 bits per heavy atom. The average Bonchev–Trinajstić information content (AvgIpc) is 3.11. The number of hydrogen-bond acceptors (Lipinski definition) is 2. The number of hydrogen-bond donors (Lipinski definition) is 0. The Bertz CT molecular complexity index is 1070. The molecule has 0 spiro atoms. The summed E-state index contributed by atoms with van der Waals surface area (Å²) in [5.41, 5.74) is 1.91. The summed E-state index contributed by atoms with van der Waals surface area (Å²) in [4.78, 5) is 5.82. The molecule has 1 atom stereocenters. The van der Waals surface area contributed by atoms with Gasteiger partial charge in [0, 0.05) is 4.91 Å². The van der Waals surface area contributed by atoms with Crippen LogP contribution in [-0.4, -0.2) is 5.04 Å². The molecule has 1 aliphatic heterocycles. The van der Waals surface area contributed by atoms with Crippen LogP contribution in [0.2, 0.25) is 0 Å². The molecule has 0 aliphatic carbocycles. The number of nitrogens with zero attached hydrogens (tertiary/aromatic N) is 1. The zero-order chi connectivity index (χ0) is 21.2. The largest absolute Gasteiger partial charge is 0.416 e. The van der Waals surface area contributed by atoms with Crippen molar-refractivity contribution in [2.24, 2.45) is 4.99 Å². The molecule has 0 aromatic heterocycles. The average molecular weight is 424 g/mol. The van der Waals surface area contributed by atoms with Crippen LogP contribution in [0.3, 0.4) is 0 Å². The summed E-state index contributed by atoms with van der Waals surface area (Å²) in [6.45, 7) is 2.66. The van der Waals surface area contributed by atoms with Crippen LogP contribution in [0, 0.1) is 0 Å². The second-order valence-electron chi connectivity index (χ2n) is 7.36. The monoisotopic (exact) mass is 423 g/mol. The Morgan fingerprint density at radius 1 is 0.833 bits per heavy atom. The molecule has 4 rings (SSSR count). The molecule has 1 nitrogen and oxygen atoms in total. The summed E-state index contributed by atoms with van der Waals surface area (Å²) in [6, 6.07) is 25.4. The molecule has 1 aliphatic rings. The summed E-state index contributed by atoms with van der Waals surface area (Å²) < 4.78 is 38.8. The lowest BCUT2D eigenvalue weighted by Crippen LogP contribution is -2.25. The Kier molecular flexibility index (Phi) is 5.56. The summed E-state index contributed by atoms with van der Waals surface area (Å²) in [6.07, 6.45) is -2.23. The van der Waals surface area contributed by atoms with E-state index in [1.54, 1.807) is 0 Å². The number of halogens is 3. The van der Waals surface area contributed by atoms with Gasteiger partial charge < -0.3 is 0 Å². The van der Waals surface area contributed by atoms with E-state index in [1.165, 1.54) is 23.9 Å². The van der Waals surface area contributed by atoms with E-state index in [0.717, 1.165) is 38.8 Å². The van der Waals surface area contributed by atoms with Crippen LogP contribution in [0.25, 0.3) is 4.91 Å². The number of rotatable bonds is 4. The molecule has 0 amide bonds. The maximum absolute atomic E-state index is 12.9.